The molecule has 7 heteroatoms. The highest BCUT2D eigenvalue weighted by atomic mass is 16.5. The third-order valence-electron chi connectivity index (χ3n) is 4.43. The van der Waals surface area contributed by atoms with Gasteiger partial charge in [0, 0.05) is 38.3 Å². The van der Waals surface area contributed by atoms with Gasteiger partial charge in [0.25, 0.3) is 0 Å². The minimum Gasteiger partial charge on any atom is -0.467 e. The first-order valence-corrected chi connectivity index (χ1v) is 8.33. The monoisotopic (exact) mass is 332 g/mol. The third-order valence-corrected chi connectivity index (χ3v) is 4.43. The van der Waals surface area contributed by atoms with Gasteiger partial charge in [0.05, 0.1) is 18.5 Å². The number of hydrogen-bond donors (Lipinski definition) is 1. The van der Waals surface area contributed by atoms with Gasteiger partial charge in [-0.15, -0.1) is 0 Å². The quantitative estimate of drug-likeness (QED) is 0.930. The standard InChI is InChI=1S/C17H24N4O3/c1-13-16(14(2)24-19-13)12-20-6-4-7-21(9-8-20)17(22)18-11-15-5-3-10-23-15/h3,5,10H,4,6-9,11-12H2,1-2H3,(H,18,22). The van der Waals surface area contributed by atoms with Crippen LogP contribution in [0.25, 0.3) is 0 Å². The van der Waals surface area contributed by atoms with Gasteiger partial charge < -0.3 is 19.2 Å². The zero-order valence-electron chi connectivity index (χ0n) is 14.2. The maximum Gasteiger partial charge on any atom is 0.317 e. The van der Waals surface area contributed by atoms with E-state index in [1.54, 1.807) is 6.26 Å². The van der Waals surface area contributed by atoms with Crippen molar-refractivity contribution in [1.82, 2.24) is 20.3 Å². The Morgan fingerprint density at radius 2 is 2.17 bits per heavy atom. The van der Waals surface area contributed by atoms with E-state index in [4.69, 9.17) is 8.94 Å². The summed E-state index contributed by atoms with van der Waals surface area (Å²) in [5.74, 6) is 1.64. The Kier molecular flexibility index (Phi) is 5.20. The number of carbonyl (C=O) groups excluding carboxylic acids is 1. The summed E-state index contributed by atoms with van der Waals surface area (Å²) in [6.45, 7) is 8.45. The SMILES string of the molecule is Cc1noc(C)c1CN1CCCN(C(=O)NCc2ccco2)CC1. The molecule has 2 amide bonds. The van der Waals surface area contributed by atoms with E-state index >= 15 is 0 Å². The number of rotatable bonds is 4. The maximum absolute atomic E-state index is 12.3. The number of nitrogens with zero attached hydrogens (tertiary/aromatic N) is 3. The number of hydrogen-bond acceptors (Lipinski definition) is 5. The predicted molar refractivity (Wildman–Crippen MR) is 88.4 cm³/mol. The van der Waals surface area contributed by atoms with Gasteiger partial charge in [0.2, 0.25) is 0 Å². The molecule has 2 aromatic rings. The van der Waals surface area contributed by atoms with Crippen LogP contribution in [0.4, 0.5) is 4.79 Å². The van der Waals surface area contributed by atoms with Gasteiger partial charge in [-0.1, -0.05) is 5.16 Å². The molecule has 1 saturated heterocycles. The minimum absolute atomic E-state index is 0.0365. The van der Waals surface area contributed by atoms with Crippen molar-refractivity contribution in [2.45, 2.75) is 33.4 Å². The number of nitrogens with one attached hydrogen (secondary N) is 1. The average Bonchev–Trinajstić information content (AvgIpc) is 3.12. The Balaban J connectivity index is 1.50. The highest BCUT2D eigenvalue weighted by molar-refractivity contribution is 5.74. The number of furan rings is 1. The van der Waals surface area contributed by atoms with Crippen LogP contribution >= 0.6 is 0 Å². The Morgan fingerprint density at radius 1 is 1.29 bits per heavy atom. The molecule has 3 rings (SSSR count). The molecule has 3 heterocycles. The second kappa shape index (κ2) is 7.53. The van der Waals surface area contributed by atoms with Crippen LogP contribution in [0.3, 0.4) is 0 Å². The summed E-state index contributed by atoms with van der Waals surface area (Å²) >= 11 is 0. The van der Waals surface area contributed by atoms with Crippen LogP contribution in [-0.4, -0.2) is 47.2 Å². The van der Waals surface area contributed by atoms with Gasteiger partial charge in [0.15, 0.2) is 0 Å². The fraction of sp³-hybridized carbons (Fsp3) is 0.529. The molecule has 0 spiro atoms. The molecule has 0 saturated carbocycles. The zero-order chi connectivity index (χ0) is 16.9. The topological polar surface area (TPSA) is 74.8 Å². The highest BCUT2D eigenvalue weighted by Crippen LogP contribution is 2.16. The van der Waals surface area contributed by atoms with Crippen LogP contribution in [0.1, 0.15) is 29.2 Å². The Hall–Kier alpha value is -2.28. The molecule has 0 atom stereocenters. The summed E-state index contributed by atoms with van der Waals surface area (Å²) in [6.07, 6.45) is 2.57. The van der Waals surface area contributed by atoms with E-state index in [-0.39, 0.29) is 6.03 Å². The van der Waals surface area contributed by atoms with Gasteiger partial charge in [-0.05, 0) is 32.4 Å². The number of aromatic nitrogens is 1. The van der Waals surface area contributed by atoms with Crippen molar-refractivity contribution in [3.05, 3.63) is 41.2 Å². The molecular weight excluding hydrogens is 308 g/mol. The third kappa shape index (κ3) is 3.97. The molecule has 0 unspecified atom stereocenters. The summed E-state index contributed by atoms with van der Waals surface area (Å²) in [5.41, 5.74) is 2.11. The summed E-state index contributed by atoms with van der Waals surface area (Å²) in [7, 11) is 0. The van der Waals surface area contributed by atoms with Crippen LogP contribution < -0.4 is 5.32 Å². The second-order valence-corrected chi connectivity index (χ2v) is 6.16. The fourth-order valence-corrected chi connectivity index (χ4v) is 2.97. The lowest BCUT2D eigenvalue weighted by atomic mass is 10.2. The van der Waals surface area contributed by atoms with E-state index in [1.807, 2.05) is 30.9 Å². The molecule has 24 heavy (non-hydrogen) atoms. The minimum atomic E-state index is -0.0365. The maximum atomic E-state index is 12.3. The van der Waals surface area contributed by atoms with E-state index in [2.05, 4.69) is 15.4 Å². The molecule has 0 aliphatic carbocycles. The van der Waals surface area contributed by atoms with E-state index < -0.39 is 0 Å². The van der Waals surface area contributed by atoms with Crippen LogP contribution in [0.15, 0.2) is 27.3 Å². The first-order valence-electron chi connectivity index (χ1n) is 8.33. The normalized spacial score (nSPS) is 16.2. The molecule has 0 radical (unpaired) electrons. The van der Waals surface area contributed by atoms with Crippen LogP contribution in [0, 0.1) is 13.8 Å². The number of amides is 2. The van der Waals surface area contributed by atoms with Crippen molar-refractivity contribution >= 4 is 6.03 Å². The van der Waals surface area contributed by atoms with Gasteiger partial charge >= 0.3 is 6.03 Å². The lowest BCUT2D eigenvalue weighted by Gasteiger charge is -2.22. The fourth-order valence-electron chi connectivity index (χ4n) is 2.97. The molecule has 1 fully saturated rings. The van der Waals surface area contributed by atoms with Crippen LogP contribution in [0.2, 0.25) is 0 Å². The van der Waals surface area contributed by atoms with Gasteiger partial charge in [-0.2, -0.15) is 0 Å². The van der Waals surface area contributed by atoms with Crippen molar-refractivity contribution in [2.75, 3.05) is 26.2 Å². The zero-order valence-corrected chi connectivity index (χ0v) is 14.2. The van der Waals surface area contributed by atoms with Crippen molar-refractivity contribution < 1.29 is 13.7 Å². The molecule has 1 aliphatic rings. The molecule has 7 nitrogen and oxygen atoms in total. The van der Waals surface area contributed by atoms with Gasteiger partial charge in [0.1, 0.15) is 11.5 Å². The molecular formula is C17H24N4O3. The Morgan fingerprint density at radius 3 is 2.88 bits per heavy atom. The van der Waals surface area contributed by atoms with Crippen molar-refractivity contribution in [3.8, 4) is 0 Å². The smallest absolute Gasteiger partial charge is 0.317 e. The molecule has 130 valence electrons. The summed E-state index contributed by atoms with van der Waals surface area (Å²) in [4.78, 5) is 16.5. The Bertz CT molecular complexity index is 646. The van der Waals surface area contributed by atoms with Gasteiger partial charge in [-0.3, -0.25) is 4.90 Å². The predicted octanol–water partition coefficient (Wildman–Crippen LogP) is 2.30. The molecule has 1 N–H and O–H groups in total. The van der Waals surface area contributed by atoms with Gasteiger partial charge in [-0.25, -0.2) is 4.79 Å². The van der Waals surface area contributed by atoms with Crippen LogP contribution in [-0.2, 0) is 13.1 Å². The number of urea groups is 1. The summed E-state index contributed by atoms with van der Waals surface area (Å²) < 4.78 is 10.5. The lowest BCUT2D eigenvalue weighted by Crippen LogP contribution is -2.41. The first kappa shape index (κ1) is 16.6. The molecule has 0 aromatic carbocycles. The molecule has 0 bridgehead atoms. The summed E-state index contributed by atoms with van der Waals surface area (Å²) in [5, 5.41) is 6.92. The molecule has 2 aromatic heterocycles. The average molecular weight is 332 g/mol. The highest BCUT2D eigenvalue weighted by Gasteiger charge is 2.21. The van der Waals surface area contributed by atoms with Crippen molar-refractivity contribution in [3.63, 3.8) is 0 Å². The largest absolute Gasteiger partial charge is 0.467 e. The van der Waals surface area contributed by atoms with E-state index in [0.717, 1.165) is 55.4 Å². The van der Waals surface area contributed by atoms with E-state index in [9.17, 15) is 4.79 Å². The van der Waals surface area contributed by atoms with E-state index in [0.29, 0.717) is 13.1 Å². The number of carbonyl (C=O) groups is 1. The van der Waals surface area contributed by atoms with Crippen LogP contribution in [0.5, 0.6) is 0 Å². The van der Waals surface area contributed by atoms with Crippen molar-refractivity contribution in [2.24, 2.45) is 0 Å². The second-order valence-electron chi connectivity index (χ2n) is 6.16. The lowest BCUT2D eigenvalue weighted by molar-refractivity contribution is 0.196. The summed E-state index contributed by atoms with van der Waals surface area (Å²) in [6, 6.07) is 3.64. The first-order chi connectivity index (χ1) is 11.6. The molecule has 1 aliphatic heterocycles. The van der Waals surface area contributed by atoms with E-state index in [1.165, 1.54) is 0 Å². The Labute approximate surface area is 141 Å². The van der Waals surface area contributed by atoms with Crippen molar-refractivity contribution in [1.29, 1.82) is 0 Å². The number of aryl methyl sites for hydroxylation is 2.